The number of carboxylic acids is 1. The zero-order valence-electron chi connectivity index (χ0n) is 10.9. The first-order chi connectivity index (χ1) is 10.2. The number of rotatable bonds is 5. The number of hydrogen-bond acceptors (Lipinski definition) is 4. The van der Waals surface area contributed by atoms with E-state index < -0.39 is 5.97 Å². The van der Waals surface area contributed by atoms with Crippen molar-refractivity contribution in [1.82, 2.24) is 5.32 Å². The fraction of sp³-hybridized carbons (Fsp3) is 0.133. The van der Waals surface area contributed by atoms with E-state index in [0.717, 1.165) is 26.7 Å². The Balaban J connectivity index is 1.84. The van der Waals surface area contributed by atoms with Gasteiger partial charge in [0.05, 0.1) is 0 Å². The smallest absolute Gasteiger partial charge is 0.346 e. The molecule has 3 aromatic rings. The van der Waals surface area contributed by atoms with Crippen LogP contribution < -0.4 is 5.32 Å². The summed E-state index contributed by atoms with van der Waals surface area (Å²) >= 11 is 6.52. The minimum Gasteiger partial charge on any atom is -0.477 e. The molecule has 0 unspecified atom stereocenters. The van der Waals surface area contributed by atoms with E-state index in [9.17, 15) is 9.90 Å². The van der Waals surface area contributed by atoms with Gasteiger partial charge in [0.2, 0.25) is 0 Å². The first kappa shape index (κ1) is 14.7. The van der Waals surface area contributed by atoms with Crippen molar-refractivity contribution in [3.8, 4) is 0 Å². The van der Waals surface area contributed by atoms with Gasteiger partial charge in [-0.25, -0.2) is 4.79 Å². The molecule has 2 aromatic heterocycles. The Kier molecular flexibility index (Phi) is 4.40. The molecule has 0 bridgehead atoms. The van der Waals surface area contributed by atoms with Crippen LogP contribution in [0.5, 0.6) is 0 Å². The van der Waals surface area contributed by atoms with Crippen LogP contribution in [-0.4, -0.2) is 11.1 Å². The van der Waals surface area contributed by atoms with E-state index in [1.165, 1.54) is 16.2 Å². The van der Waals surface area contributed by atoms with Gasteiger partial charge in [-0.15, -0.1) is 22.7 Å². The standard InChI is InChI=1S/C15H12BrNO2S2/c16-11-5-6-20-13(11)8-17-7-10-9-3-1-2-4-12(9)21-14(10)15(18)19/h1-6,17H,7-8H2,(H,18,19). The number of nitrogens with one attached hydrogen (secondary N) is 1. The number of halogens is 1. The van der Waals surface area contributed by atoms with Crippen molar-refractivity contribution in [2.75, 3.05) is 0 Å². The molecule has 0 radical (unpaired) electrons. The Morgan fingerprint density at radius 1 is 1.24 bits per heavy atom. The normalized spacial score (nSPS) is 11.1. The Morgan fingerprint density at radius 3 is 2.76 bits per heavy atom. The fourth-order valence-electron chi connectivity index (χ4n) is 2.20. The largest absolute Gasteiger partial charge is 0.477 e. The molecule has 3 rings (SSSR count). The highest BCUT2D eigenvalue weighted by atomic mass is 79.9. The molecule has 3 nitrogen and oxygen atoms in total. The van der Waals surface area contributed by atoms with E-state index in [4.69, 9.17) is 0 Å². The van der Waals surface area contributed by atoms with Gasteiger partial charge in [0.15, 0.2) is 0 Å². The highest BCUT2D eigenvalue weighted by molar-refractivity contribution is 9.10. The molecule has 0 saturated heterocycles. The maximum Gasteiger partial charge on any atom is 0.346 e. The van der Waals surface area contributed by atoms with Gasteiger partial charge in [-0.1, -0.05) is 18.2 Å². The maximum absolute atomic E-state index is 11.4. The van der Waals surface area contributed by atoms with Gasteiger partial charge in [0, 0.05) is 27.1 Å². The van der Waals surface area contributed by atoms with Crippen molar-refractivity contribution < 1.29 is 9.90 Å². The van der Waals surface area contributed by atoms with Crippen molar-refractivity contribution in [2.45, 2.75) is 13.1 Å². The summed E-state index contributed by atoms with van der Waals surface area (Å²) in [5.41, 5.74) is 0.871. The number of carboxylic acid groups (broad SMARTS) is 1. The molecule has 0 aliphatic rings. The number of benzene rings is 1. The number of carbonyl (C=O) groups is 1. The zero-order valence-corrected chi connectivity index (χ0v) is 14.1. The topological polar surface area (TPSA) is 49.3 Å². The van der Waals surface area contributed by atoms with E-state index in [0.29, 0.717) is 11.4 Å². The second-order valence-electron chi connectivity index (χ2n) is 4.51. The van der Waals surface area contributed by atoms with Gasteiger partial charge < -0.3 is 10.4 Å². The predicted molar refractivity (Wildman–Crippen MR) is 91.3 cm³/mol. The van der Waals surface area contributed by atoms with Crippen LogP contribution in [0.1, 0.15) is 20.1 Å². The molecule has 108 valence electrons. The zero-order chi connectivity index (χ0) is 14.8. The second kappa shape index (κ2) is 6.27. The molecule has 0 aliphatic carbocycles. The van der Waals surface area contributed by atoms with Crippen LogP contribution >= 0.6 is 38.6 Å². The highest BCUT2D eigenvalue weighted by Crippen LogP contribution is 2.31. The Hall–Kier alpha value is -1.21. The lowest BCUT2D eigenvalue weighted by molar-refractivity contribution is 0.0701. The van der Waals surface area contributed by atoms with Crippen LogP contribution in [0, 0.1) is 0 Å². The molecular formula is C15H12BrNO2S2. The Morgan fingerprint density at radius 2 is 2.05 bits per heavy atom. The summed E-state index contributed by atoms with van der Waals surface area (Å²) in [5, 5.41) is 15.8. The molecule has 0 saturated carbocycles. The molecular weight excluding hydrogens is 370 g/mol. The van der Waals surface area contributed by atoms with Crippen molar-refractivity contribution in [3.63, 3.8) is 0 Å². The molecule has 21 heavy (non-hydrogen) atoms. The first-order valence-corrected chi connectivity index (χ1v) is 8.82. The Bertz CT molecular complexity index is 794. The lowest BCUT2D eigenvalue weighted by atomic mass is 10.1. The average Bonchev–Trinajstić information content (AvgIpc) is 3.04. The molecule has 6 heteroatoms. The molecule has 0 spiro atoms. The molecule has 1 aromatic carbocycles. The number of aromatic carboxylic acids is 1. The van der Waals surface area contributed by atoms with Crippen molar-refractivity contribution >= 4 is 54.7 Å². The number of fused-ring (bicyclic) bond motifs is 1. The van der Waals surface area contributed by atoms with Crippen LogP contribution in [0.15, 0.2) is 40.2 Å². The summed E-state index contributed by atoms with van der Waals surface area (Å²) in [4.78, 5) is 13.1. The molecule has 2 heterocycles. The van der Waals surface area contributed by atoms with Crippen LogP contribution in [0.25, 0.3) is 10.1 Å². The first-order valence-electron chi connectivity index (χ1n) is 6.33. The van der Waals surface area contributed by atoms with E-state index in [1.54, 1.807) is 11.3 Å². The fourth-order valence-corrected chi connectivity index (χ4v) is 4.72. The summed E-state index contributed by atoms with van der Waals surface area (Å²) in [5.74, 6) is -0.856. The van der Waals surface area contributed by atoms with Gasteiger partial charge in [-0.3, -0.25) is 0 Å². The molecule has 0 amide bonds. The second-order valence-corrected chi connectivity index (χ2v) is 7.41. The predicted octanol–water partition coefficient (Wildman–Crippen LogP) is 4.71. The Labute approximate surface area is 138 Å². The monoisotopic (exact) mass is 381 g/mol. The minimum absolute atomic E-state index is 0.425. The number of thiophene rings is 2. The summed E-state index contributed by atoms with van der Waals surface area (Å²) in [6.45, 7) is 1.28. The van der Waals surface area contributed by atoms with Crippen LogP contribution in [0.2, 0.25) is 0 Å². The summed E-state index contributed by atoms with van der Waals surface area (Å²) in [6.07, 6.45) is 0. The lowest BCUT2D eigenvalue weighted by Gasteiger charge is -2.05. The van der Waals surface area contributed by atoms with Crippen LogP contribution in [-0.2, 0) is 13.1 Å². The quantitative estimate of drug-likeness (QED) is 0.672. The lowest BCUT2D eigenvalue weighted by Crippen LogP contribution is -2.13. The van der Waals surface area contributed by atoms with E-state index in [1.807, 2.05) is 35.7 Å². The molecule has 0 atom stereocenters. The van der Waals surface area contributed by atoms with Gasteiger partial charge in [0.25, 0.3) is 0 Å². The van der Waals surface area contributed by atoms with Crippen LogP contribution in [0.4, 0.5) is 0 Å². The van der Waals surface area contributed by atoms with Crippen molar-refractivity contribution in [3.05, 3.63) is 55.5 Å². The summed E-state index contributed by atoms with van der Waals surface area (Å²) in [6, 6.07) is 9.84. The van der Waals surface area contributed by atoms with Crippen molar-refractivity contribution in [2.24, 2.45) is 0 Å². The van der Waals surface area contributed by atoms with Gasteiger partial charge in [0.1, 0.15) is 4.88 Å². The molecule has 0 fully saturated rings. The maximum atomic E-state index is 11.4. The van der Waals surface area contributed by atoms with E-state index in [-0.39, 0.29) is 0 Å². The average molecular weight is 382 g/mol. The van der Waals surface area contributed by atoms with E-state index in [2.05, 4.69) is 21.2 Å². The van der Waals surface area contributed by atoms with Crippen LogP contribution in [0.3, 0.4) is 0 Å². The SMILES string of the molecule is O=C(O)c1sc2ccccc2c1CNCc1sccc1Br. The third-order valence-electron chi connectivity index (χ3n) is 3.17. The highest BCUT2D eigenvalue weighted by Gasteiger charge is 2.17. The van der Waals surface area contributed by atoms with E-state index >= 15 is 0 Å². The van der Waals surface area contributed by atoms with Gasteiger partial charge in [-0.2, -0.15) is 0 Å². The minimum atomic E-state index is -0.856. The van der Waals surface area contributed by atoms with Crippen molar-refractivity contribution in [1.29, 1.82) is 0 Å². The molecule has 0 aliphatic heterocycles. The summed E-state index contributed by atoms with van der Waals surface area (Å²) < 4.78 is 2.11. The summed E-state index contributed by atoms with van der Waals surface area (Å²) in [7, 11) is 0. The number of hydrogen-bond donors (Lipinski definition) is 2. The van der Waals surface area contributed by atoms with Gasteiger partial charge >= 0.3 is 5.97 Å². The van der Waals surface area contributed by atoms with Gasteiger partial charge in [-0.05, 0) is 44.4 Å². The molecule has 2 N–H and O–H groups in total. The third-order valence-corrected chi connectivity index (χ3v) is 6.30. The third kappa shape index (κ3) is 3.03.